The van der Waals surface area contributed by atoms with Crippen LogP contribution in [-0.2, 0) is 5.41 Å². The van der Waals surface area contributed by atoms with E-state index in [0.29, 0.717) is 5.82 Å². The molecular weight excluding hydrogens is 731 g/mol. The van der Waals surface area contributed by atoms with Crippen molar-refractivity contribution < 1.29 is 4.74 Å². The predicted octanol–water partition coefficient (Wildman–Crippen LogP) is 13.8. The van der Waals surface area contributed by atoms with E-state index in [2.05, 4.69) is 194 Å². The minimum Gasteiger partial charge on any atom is -0.457 e. The third-order valence-electron chi connectivity index (χ3n) is 12.9. The largest absolute Gasteiger partial charge is 0.457 e. The summed E-state index contributed by atoms with van der Waals surface area (Å²) in [5, 5.41) is 12.4. The Hall–Kier alpha value is -7.95. The SMILES string of the molecule is c1ccc(-c2ccc(-c3nnc(-c4ccc5c6c(cccc46)-c4ccccc4-5)nc3-c3ccc4c(c3)C3(c5ccccc5O4)c4ccccc4-c4ccccc43)cc2)cc1. The summed E-state index contributed by atoms with van der Waals surface area (Å²) in [5.74, 6) is 2.27. The second kappa shape index (κ2) is 12.5. The average Bonchev–Trinajstić information content (AvgIpc) is 3.81. The molecule has 2 aliphatic carbocycles. The molecule has 13 rings (SSSR count). The Morgan fingerprint density at radius 1 is 0.333 bits per heavy atom. The minimum atomic E-state index is -0.610. The first-order valence-electron chi connectivity index (χ1n) is 20.4. The Balaban J connectivity index is 1.05. The monoisotopic (exact) mass is 763 g/mol. The molecule has 1 aliphatic heterocycles. The summed E-state index contributed by atoms with van der Waals surface area (Å²) >= 11 is 0. The van der Waals surface area contributed by atoms with Gasteiger partial charge >= 0.3 is 0 Å². The van der Waals surface area contributed by atoms with Crippen molar-refractivity contribution in [1.82, 2.24) is 15.2 Å². The van der Waals surface area contributed by atoms with Gasteiger partial charge in [-0.1, -0.05) is 170 Å². The number of nitrogens with zero attached hydrogens (tertiary/aromatic N) is 3. The maximum absolute atomic E-state index is 6.80. The first kappa shape index (κ1) is 33.1. The van der Waals surface area contributed by atoms with Crippen LogP contribution in [0.2, 0.25) is 0 Å². The molecule has 1 aromatic heterocycles. The standard InChI is InChI=1S/C56H33N3O/c1-2-13-34(14-3-1)35-25-27-36(28-26-35)54-53(57-55(59-58-54)45-31-30-44-39-16-5-4-15-38(39)42-19-12-20-43(45)52(42)44)37-29-32-51-49(33-37)56(48-23-10-11-24-50(48)60-51)46-21-8-6-17-40(46)41-18-7-9-22-47(41)56/h1-33H. The summed E-state index contributed by atoms with van der Waals surface area (Å²) in [6.07, 6.45) is 0. The van der Waals surface area contributed by atoms with Gasteiger partial charge in [-0.2, -0.15) is 0 Å². The molecule has 0 N–H and O–H groups in total. The van der Waals surface area contributed by atoms with Crippen LogP contribution in [0, 0.1) is 0 Å². The van der Waals surface area contributed by atoms with Crippen LogP contribution in [0.1, 0.15) is 22.3 Å². The Bertz CT molecular complexity index is 3330. The van der Waals surface area contributed by atoms with Crippen molar-refractivity contribution in [3.63, 3.8) is 0 Å². The maximum Gasteiger partial charge on any atom is 0.182 e. The first-order chi connectivity index (χ1) is 29.8. The molecule has 4 nitrogen and oxygen atoms in total. The quantitative estimate of drug-likeness (QED) is 0.179. The average molecular weight is 764 g/mol. The highest BCUT2D eigenvalue weighted by Gasteiger charge is 2.51. The molecule has 1 spiro atoms. The van der Waals surface area contributed by atoms with E-state index in [4.69, 9.17) is 19.9 Å². The van der Waals surface area contributed by atoms with E-state index in [-0.39, 0.29) is 0 Å². The van der Waals surface area contributed by atoms with Crippen LogP contribution < -0.4 is 4.74 Å². The molecule has 0 unspecified atom stereocenters. The zero-order valence-corrected chi connectivity index (χ0v) is 32.3. The second-order valence-electron chi connectivity index (χ2n) is 15.9. The zero-order chi connectivity index (χ0) is 39.4. The molecule has 2 heterocycles. The fraction of sp³-hybridized carbons (Fsp3) is 0.0179. The number of aromatic nitrogens is 3. The number of hydrogen-bond donors (Lipinski definition) is 0. The van der Waals surface area contributed by atoms with Crippen LogP contribution in [-0.4, -0.2) is 15.2 Å². The van der Waals surface area contributed by atoms with Crippen molar-refractivity contribution in [2.24, 2.45) is 0 Å². The molecule has 0 saturated carbocycles. The molecule has 0 bridgehead atoms. The van der Waals surface area contributed by atoms with Crippen molar-refractivity contribution in [3.8, 4) is 89.9 Å². The zero-order valence-electron chi connectivity index (χ0n) is 32.3. The predicted molar refractivity (Wildman–Crippen MR) is 241 cm³/mol. The normalized spacial score (nSPS) is 13.3. The van der Waals surface area contributed by atoms with Gasteiger partial charge in [0.1, 0.15) is 22.9 Å². The number of benzene rings is 9. The third-order valence-corrected chi connectivity index (χ3v) is 12.9. The van der Waals surface area contributed by atoms with Crippen molar-refractivity contribution >= 4 is 10.8 Å². The molecular formula is C56H33N3O. The van der Waals surface area contributed by atoms with Gasteiger partial charge in [-0.3, -0.25) is 0 Å². The van der Waals surface area contributed by atoms with Crippen LogP contribution >= 0.6 is 0 Å². The lowest BCUT2D eigenvalue weighted by Crippen LogP contribution is -2.32. The highest BCUT2D eigenvalue weighted by molar-refractivity contribution is 6.18. The molecule has 60 heavy (non-hydrogen) atoms. The molecule has 10 aromatic rings. The van der Waals surface area contributed by atoms with Gasteiger partial charge < -0.3 is 4.74 Å². The van der Waals surface area contributed by atoms with Crippen LogP contribution in [0.3, 0.4) is 0 Å². The summed E-state index contributed by atoms with van der Waals surface area (Å²) in [6.45, 7) is 0. The van der Waals surface area contributed by atoms with Crippen molar-refractivity contribution in [2.75, 3.05) is 0 Å². The fourth-order valence-electron chi connectivity index (χ4n) is 10.3. The summed E-state index contributed by atoms with van der Waals surface area (Å²) in [5.41, 5.74) is 18.1. The molecule has 4 heteroatoms. The number of para-hydroxylation sites is 1. The molecule has 0 saturated heterocycles. The van der Waals surface area contributed by atoms with E-state index < -0.39 is 5.41 Å². The van der Waals surface area contributed by atoms with Gasteiger partial charge in [0.05, 0.1) is 5.41 Å². The highest BCUT2D eigenvalue weighted by Crippen LogP contribution is 2.62. The molecule has 9 aromatic carbocycles. The Morgan fingerprint density at radius 3 is 1.63 bits per heavy atom. The van der Waals surface area contributed by atoms with Crippen LogP contribution in [0.15, 0.2) is 200 Å². The van der Waals surface area contributed by atoms with Gasteiger partial charge in [0.25, 0.3) is 0 Å². The summed E-state index contributed by atoms with van der Waals surface area (Å²) < 4.78 is 6.80. The number of rotatable bonds is 4. The van der Waals surface area contributed by atoms with Crippen molar-refractivity contribution in [2.45, 2.75) is 5.41 Å². The highest BCUT2D eigenvalue weighted by atomic mass is 16.5. The van der Waals surface area contributed by atoms with E-state index in [1.165, 1.54) is 49.9 Å². The summed E-state index contributed by atoms with van der Waals surface area (Å²) in [4.78, 5) is 5.53. The number of ether oxygens (including phenoxy) is 1. The van der Waals surface area contributed by atoms with Crippen LogP contribution in [0.5, 0.6) is 11.5 Å². The van der Waals surface area contributed by atoms with Gasteiger partial charge in [-0.15, -0.1) is 10.2 Å². The van der Waals surface area contributed by atoms with Gasteiger partial charge in [0.2, 0.25) is 0 Å². The number of fused-ring (bicyclic) bond motifs is 12. The molecule has 278 valence electrons. The molecule has 0 radical (unpaired) electrons. The van der Waals surface area contributed by atoms with Gasteiger partial charge in [-0.05, 0) is 96.7 Å². The van der Waals surface area contributed by atoms with Gasteiger partial charge in [0.15, 0.2) is 5.82 Å². The Morgan fingerprint density at radius 2 is 0.883 bits per heavy atom. The van der Waals surface area contributed by atoms with E-state index in [9.17, 15) is 0 Å². The summed E-state index contributed by atoms with van der Waals surface area (Å²) in [7, 11) is 0. The molecule has 0 amide bonds. The second-order valence-corrected chi connectivity index (χ2v) is 15.9. The van der Waals surface area contributed by atoms with Crippen molar-refractivity contribution in [3.05, 3.63) is 222 Å². The lowest BCUT2D eigenvalue weighted by Gasteiger charge is -2.39. The first-order valence-corrected chi connectivity index (χ1v) is 20.4. The van der Waals surface area contributed by atoms with Crippen LogP contribution in [0.25, 0.3) is 89.2 Å². The lowest BCUT2D eigenvalue weighted by atomic mass is 9.66. The third kappa shape index (κ3) is 4.53. The van der Waals surface area contributed by atoms with Gasteiger partial charge in [-0.25, -0.2) is 4.98 Å². The summed E-state index contributed by atoms with van der Waals surface area (Å²) in [6, 6.07) is 71.3. The molecule has 0 atom stereocenters. The van der Waals surface area contributed by atoms with E-state index in [1.54, 1.807) is 0 Å². The fourth-order valence-corrected chi connectivity index (χ4v) is 10.3. The van der Waals surface area contributed by atoms with Crippen LogP contribution in [0.4, 0.5) is 0 Å². The van der Waals surface area contributed by atoms with E-state index >= 15 is 0 Å². The Kier molecular flexibility index (Phi) is 6.90. The topological polar surface area (TPSA) is 47.9 Å². The lowest BCUT2D eigenvalue weighted by molar-refractivity contribution is 0.436. The Labute approximate surface area is 347 Å². The van der Waals surface area contributed by atoms with E-state index in [1.807, 2.05) is 6.07 Å². The number of hydrogen-bond acceptors (Lipinski definition) is 4. The molecule has 3 aliphatic rings. The molecule has 0 fully saturated rings. The smallest absolute Gasteiger partial charge is 0.182 e. The maximum atomic E-state index is 6.80. The van der Waals surface area contributed by atoms with Crippen molar-refractivity contribution in [1.29, 1.82) is 0 Å². The van der Waals surface area contributed by atoms with E-state index in [0.717, 1.165) is 67.2 Å². The van der Waals surface area contributed by atoms with Gasteiger partial charge in [0, 0.05) is 27.8 Å². The minimum absolute atomic E-state index is 0.583.